The van der Waals surface area contributed by atoms with Crippen molar-refractivity contribution >= 4 is 11.1 Å². The fraction of sp³-hybridized carbons (Fsp3) is 0.700. The number of hydrogen-bond acceptors (Lipinski definition) is 5. The van der Waals surface area contributed by atoms with Gasteiger partial charge in [0.15, 0.2) is 0 Å². The topological polar surface area (TPSA) is 93.4 Å². The van der Waals surface area contributed by atoms with Gasteiger partial charge in [-0.2, -0.15) is 0 Å². The van der Waals surface area contributed by atoms with Crippen LogP contribution in [0, 0.1) is 5.92 Å². The van der Waals surface area contributed by atoms with Crippen molar-refractivity contribution in [3.8, 4) is 0 Å². The van der Waals surface area contributed by atoms with Crippen LogP contribution in [0.5, 0.6) is 0 Å². The number of aromatic nitrogens is 2. The zero-order valence-electron chi connectivity index (χ0n) is 17.3. The minimum atomic E-state index is -4.75. The number of nitrogens with two attached hydrogens (primary N) is 1. The van der Waals surface area contributed by atoms with Crippen molar-refractivity contribution in [3.63, 3.8) is 0 Å². The van der Waals surface area contributed by atoms with Gasteiger partial charge in [0.2, 0.25) is 0 Å². The number of ether oxygens (including phenoxy) is 1. The first-order chi connectivity index (χ1) is 14.5. The van der Waals surface area contributed by atoms with Gasteiger partial charge in [0.1, 0.15) is 6.17 Å². The molecule has 2 heterocycles. The maximum atomic E-state index is 15.5. The van der Waals surface area contributed by atoms with Gasteiger partial charge in [-0.3, -0.25) is 24.0 Å². The fourth-order valence-electron chi connectivity index (χ4n) is 4.92. The van der Waals surface area contributed by atoms with Crippen LogP contribution in [0.3, 0.4) is 0 Å². The number of nitrogens with one attached hydrogen (secondary N) is 1. The third-order valence-electron chi connectivity index (χ3n) is 6.65. The van der Waals surface area contributed by atoms with E-state index in [1.807, 2.05) is 4.90 Å². The SMILES string of the molecule is CC1=c2c(=O)[nH]c(=O)n(C3CC3)c2=C(C)C(N2CCC(C(N)COC(F)(F)F)C2)C1F. The lowest BCUT2D eigenvalue weighted by atomic mass is 9.90. The van der Waals surface area contributed by atoms with E-state index in [1.54, 1.807) is 18.4 Å². The molecule has 4 atom stereocenters. The molecule has 172 valence electrons. The number of alkyl halides is 4. The average Bonchev–Trinajstić information content (AvgIpc) is 3.39. The van der Waals surface area contributed by atoms with E-state index < -0.39 is 42.5 Å². The Morgan fingerprint density at radius 1 is 1.19 bits per heavy atom. The second-order valence-corrected chi connectivity index (χ2v) is 8.76. The third kappa shape index (κ3) is 4.10. The van der Waals surface area contributed by atoms with E-state index in [2.05, 4.69) is 9.72 Å². The fourth-order valence-corrected chi connectivity index (χ4v) is 4.92. The molecule has 1 aromatic heterocycles. The summed E-state index contributed by atoms with van der Waals surface area (Å²) in [5.74, 6) is -0.283. The van der Waals surface area contributed by atoms with Gasteiger partial charge in [0.05, 0.1) is 23.2 Å². The average molecular weight is 446 g/mol. The summed E-state index contributed by atoms with van der Waals surface area (Å²) in [5, 5.41) is 0.680. The van der Waals surface area contributed by atoms with Gasteiger partial charge >= 0.3 is 12.1 Å². The number of nitrogens with zero attached hydrogens (tertiary/aromatic N) is 2. The van der Waals surface area contributed by atoms with E-state index in [9.17, 15) is 22.8 Å². The molecule has 1 saturated carbocycles. The highest BCUT2D eigenvalue weighted by Crippen LogP contribution is 2.34. The molecule has 4 rings (SSSR count). The Balaban J connectivity index is 1.68. The van der Waals surface area contributed by atoms with E-state index in [0.29, 0.717) is 30.4 Å². The van der Waals surface area contributed by atoms with Gasteiger partial charge in [0, 0.05) is 18.6 Å². The maximum absolute atomic E-state index is 15.5. The highest BCUT2D eigenvalue weighted by molar-refractivity contribution is 5.62. The van der Waals surface area contributed by atoms with Crippen LogP contribution in [0.1, 0.15) is 39.2 Å². The summed E-state index contributed by atoms with van der Waals surface area (Å²) in [6, 6.07) is -1.56. The first-order valence-electron chi connectivity index (χ1n) is 10.4. The zero-order valence-corrected chi connectivity index (χ0v) is 17.3. The predicted octanol–water partition coefficient (Wildman–Crippen LogP) is 0.119. The van der Waals surface area contributed by atoms with Crippen LogP contribution in [-0.2, 0) is 4.74 Å². The summed E-state index contributed by atoms with van der Waals surface area (Å²) in [6.45, 7) is 3.38. The molecule has 7 nitrogen and oxygen atoms in total. The normalized spacial score (nSPS) is 28.2. The molecule has 11 heteroatoms. The summed E-state index contributed by atoms with van der Waals surface area (Å²) < 4.78 is 58.0. The van der Waals surface area contributed by atoms with Gasteiger partial charge in [0.25, 0.3) is 5.56 Å². The van der Waals surface area contributed by atoms with E-state index >= 15 is 4.39 Å². The zero-order chi connectivity index (χ0) is 22.7. The third-order valence-corrected chi connectivity index (χ3v) is 6.65. The van der Waals surface area contributed by atoms with Crippen molar-refractivity contribution in [1.29, 1.82) is 0 Å². The van der Waals surface area contributed by atoms with Crippen LogP contribution in [0.15, 0.2) is 9.59 Å². The molecule has 2 fully saturated rings. The maximum Gasteiger partial charge on any atom is 0.522 e. The quantitative estimate of drug-likeness (QED) is 0.627. The smallest absolute Gasteiger partial charge is 0.325 e. The molecule has 3 N–H and O–H groups in total. The second kappa shape index (κ2) is 7.86. The molecule has 4 unspecified atom stereocenters. The molecule has 0 aromatic carbocycles. The van der Waals surface area contributed by atoms with Crippen LogP contribution in [0.4, 0.5) is 17.6 Å². The largest absolute Gasteiger partial charge is 0.522 e. The van der Waals surface area contributed by atoms with Crippen molar-refractivity contribution in [3.05, 3.63) is 31.4 Å². The van der Waals surface area contributed by atoms with Crippen LogP contribution >= 0.6 is 0 Å². The lowest BCUT2D eigenvalue weighted by Gasteiger charge is -2.35. The Kier molecular flexibility index (Phi) is 5.63. The highest BCUT2D eigenvalue weighted by Gasteiger charge is 2.41. The lowest BCUT2D eigenvalue weighted by Crippen LogP contribution is -2.61. The van der Waals surface area contributed by atoms with Crippen molar-refractivity contribution in [2.24, 2.45) is 11.7 Å². The van der Waals surface area contributed by atoms with Gasteiger partial charge in [-0.1, -0.05) is 0 Å². The van der Waals surface area contributed by atoms with Crippen LogP contribution in [-0.4, -0.2) is 58.8 Å². The standard InChI is InChI=1S/C20H26F4N4O3/c1-9-14-16(28(12-3-4-12)19(30)26-18(14)29)10(2)17(15(9)21)27-6-5-11(7-27)13(25)8-31-20(22,23)24/h11-13,15,17H,3-8,25H2,1-2H3,(H,26,29,30). The summed E-state index contributed by atoms with van der Waals surface area (Å²) in [5.41, 5.74) is 5.66. The van der Waals surface area contributed by atoms with Gasteiger partial charge in [-0.25, -0.2) is 9.18 Å². The number of aromatic amines is 1. The first-order valence-corrected chi connectivity index (χ1v) is 10.4. The van der Waals surface area contributed by atoms with Crippen molar-refractivity contribution < 1.29 is 22.3 Å². The molecular formula is C20H26F4N4O3. The van der Waals surface area contributed by atoms with Gasteiger partial charge < -0.3 is 5.73 Å². The van der Waals surface area contributed by atoms with Crippen molar-refractivity contribution in [1.82, 2.24) is 14.5 Å². The monoisotopic (exact) mass is 446 g/mol. The molecule has 0 radical (unpaired) electrons. The van der Waals surface area contributed by atoms with Crippen LogP contribution in [0.2, 0.25) is 0 Å². The molecule has 2 aliphatic carbocycles. The van der Waals surface area contributed by atoms with E-state index in [0.717, 1.165) is 12.8 Å². The molecule has 1 aromatic rings. The Morgan fingerprint density at radius 2 is 1.87 bits per heavy atom. The highest BCUT2D eigenvalue weighted by atomic mass is 19.4. The number of hydrogen-bond donors (Lipinski definition) is 2. The lowest BCUT2D eigenvalue weighted by molar-refractivity contribution is -0.326. The Morgan fingerprint density at radius 3 is 2.48 bits per heavy atom. The molecule has 1 aliphatic heterocycles. The Labute approximate surface area is 175 Å². The summed E-state index contributed by atoms with van der Waals surface area (Å²) >= 11 is 0. The molecular weight excluding hydrogens is 420 g/mol. The van der Waals surface area contributed by atoms with E-state index in [1.165, 1.54) is 0 Å². The summed E-state index contributed by atoms with van der Waals surface area (Å²) in [6.07, 6.45) is -4.08. The molecule has 0 bridgehead atoms. The van der Waals surface area contributed by atoms with Crippen LogP contribution < -0.4 is 27.6 Å². The van der Waals surface area contributed by atoms with Gasteiger partial charge in [-0.15, -0.1) is 13.2 Å². The molecule has 1 saturated heterocycles. The minimum absolute atomic E-state index is 0.0167. The number of H-pyrrole nitrogens is 1. The number of rotatable bonds is 5. The molecule has 0 amide bonds. The minimum Gasteiger partial charge on any atom is -0.325 e. The summed E-state index contributed by atoms with van der Waals surface area (Å²) in [4.78, 5) is 29.2. The molecule has 0 spiro atoms. The molecule has 31 heavy (non-hydrogen) atoms. The molecule has 3 aliphatic rings. The van der Waals surface area contributed by atoms with E-state index in [4.69, 9.17) is 5.73 Å². The van der Waals surface area contributed by atoms with Gasteiger partial charge in [-0.05, 0) is 56.7 Å². The van der Waals surface area contributed by atoms with E-state index in [-0.39, 0.29) is 22.8 Å². The number of likely N-dealkylation sites (tertiary alicyclic amines) is 1. The van der Waals surface area contributed by atoms with Crippen molar-refractivity contribution in [2.75, 3.05) is 19.7 Å². The van der Waals surface area contributed by atoms with Crippen LogP contribution in [0.25, 0.3) is 11.1 Å². The Bertz CT molecular complexity index is 1110. The van der Waals surface area contributed by atoms with Crippen molar-refractivity contribution in [2.45, 2.75) is 63.8 Å². The second-order valence-electron chi connectivity index (χ2n) is 8.76. The first kappa shape index (κ1) is 22.2. The Hall–Kier alpha value is -1.98. The predicted molar refractivity (Wildman–Crippen MR) is 105 cm³/mol. The number of halogens is 4. The number of fused-ring (bicyclic) bond motifs is 1. The summed E-state index contributed by atoms with van der Waals surface area (Å²) in [7, 11) is 0.